The Hall–Kier alpha value is -0.830. The van der Waals surface area contributed by atoms with Gasteiger partial charge in [-0.1, -0.05) is 13.8 Å². The lowest BCUT2D eigenvalue weighted by Gasteiger charge is -2.25. The minimum Gasteiger partial charge on any atom is -0.317 e. The Balaban J connectivity index is 2.19. The van der Waals surface area contributed by atoms with E-state index in [0.29, 0.717) is 11.5 Å². The fraction of sp³-hybridized carbons (Fsp3) is 0.769. The molecule has 1 aromatic heterocycles. The average molecular weight is 221 g/mol. The SMILES string of the molecule is CCCn1nccc1C1(C)CCC(NC)C1. The topological polar surface area (TPSA) is 29.9 Å². The van der Waals surface area contributed by atoms with E-state index in [1.165, 1.54) is 25.0 Å². The van der Waals surface area contributed by atoms with Crippen LogP contribution >= 0.6 is 0 Å². The normalized spacial score (nSPS) is 29.8. The number of hydrogen-bond acceptors (Lipinski definition) is 2. The van der Waals surface area contributed by atoms with Crippen molar-refractivity contribution in [3.63, 3.8) is 0 Å². The molecule has 3 nitrogen and oxygen atoms in total. The van der Waals surface area contributed by atoms with Crippen LogP contribution in [0.5, 0.6) is 0 Å². The van der Waals surface area contributed by atoms with Crippen molar-refractivity contribution in [1.82, 2.24) is 15.1 Å². The van der Waals surface area contributed by atoms with Crippen molar-refractivity contribution in [3.05, 3.63) is 18.0 Å². The zero-order valence-electron chi connectivity index (χ0n) is 10.7. The molecule has 0 bridgehead atoms. The summed E-state index contributed by atoms with van der Waals surface area (Å²) in [4.78, 5) is 0. The third-order valence-electron chi connectivity index (χ3n) is 3.92. The molecule has 16 heavy (non-hydrogen) atoms. The van der Waals surface area contributed by atoms with Crippen molar-refractivity contribution in [2.45, 2.75) is 57.5 Å². The number of nitrogens with one attached hydrogen (secondary N) is 1. The first-order chi connectivity index (χ1) is 7.69. The third-order valence-corrected chi connectivity index (χ3v) is 3.92. The summed E-state index contributed by atoms with van der Waals surface area (Å²) in [5, 5.41) is 7.85. The van der Waals surface area contributed by atoms with Gasteiger partial charge in [-0.15, -0.1) is 0 Å². The molecule has 0 aliphatic heterocycles. The Morgan fingerprint density at radius 2 is 2.44 bits per heavy atom. The van der Waals surface area contributed by atoms with Crippen molar-refractivity contribution in [3.8, 4) is 0 Å². The standard InChI is InChI=1S/C13H23N3/c1-4-9-16-12(6-8-15-16)13(2)7-5-11(10-13)14-3/h6,8,11,14H,4-5,7,9-10H2,1-3H3. The highest BCUT2D eigenvalue weighted by Gasteiger charge is 2.37. The van der Waals surface area contributed by atoms with Crippen molar-refractivity contribution in [2.75, 3.05) is 7.05 Å². The quantitative estimate of drug-likeness (QED) is 0.845. The molecule has 3 heteroatoms. The smallest absolute Gasteiger partial charge is 0.0492 e. The second-order valence-corrected chi connectivity index (χ2v) is 5.23. The summed E-state index contributed by atoms with van der Waals surface area (Å²) < 4.78 is 2.19. The van der Waals surface area contributed by atoms with E-state index in [1.807, 2.05) is 6.20 Å². The van der Waals surface area contributed by atoms with Gasteiger partial charge < -0.3 is 5.32 Å². The molecule has 0 saturated heterocycles. The van der Waals surface area contributed by atoms with E-state index in [2.05, 4.69) is 42.1 Å². The van der Waals surface area contributed by atoms with Crippen molar-refractivity contribution >= 4 is 0 Å². The van der Waals surface area contributed by atoms with Gasteiger partial charge in [-0.2, -0.15) is 5.10 Å². The molecule has 0 spiro atoms. The predicted molar refractivity (Wildman–Crippen MR) is 66.6 cm³/mol. The maximum absolute atomic E-state index is 4.44. The van der Waals surface area contributed by atoms with Crippen molar-refractivity contribution < 1.29 is 0 Å². The van der Waals surface area contributed by atoms with Crippen LogP contribution in [-0.4, -0.2) is 22.9 Å². The minimum atomic E-state index is 0.319. The Labute approximate surface area is 98.2 Å². The predicted octanol–water partition coefficient (Wildman–Crippen LogP) is 2.32. The maximum Gasteiger partial charge on any atom is 0.0492 e. The summed E-state index contributed by atoms with van der Waals surface area (Å²) in [7, 11) is 2.07. The van der Waals surface area contributed by atoms with Crippen LogP contribution in [0.15, 0.2) is 12.3 Å². The molecule has 1 heterocycles. The van der Waals surface area contributed by atoms with E-state index >= 15 is 0 Å². The van der Waals surface area contributed by atoms with Gasteiger partial charge in [0, 0.05) is 29.9 Å². The van der Waals surface area contributed by atoms with Crippen LogP contribution in [0.3, 0.4) is 0 Å². The molecular weight excluding hydrogens is 198 g/mol. The van der Waals surface area contributed by atoms with E-state index in [-0.39, 0.29) is 0 Å². The zero-order valence-corrected chi connectivity index (χ0v) is 10.7. The number of rotatable bonds is 4. The molecule has 0 aromatic carbocycles. The molecule has 1 aliphatic rings. The molecule has 90 valence electrons. The van der Waals surface area contributed by atoms with Crippen molar-refractivity contribution in [1.29, 1.82) is 0 Å². The minimum absolute atomic E-state index is 0.319. The lowest BCUT2D eigenvalue weighted by Crippen LogP contribution is -2.27. The number of hydrogen-bond donors (Lipinski definition) is 1. The van der Waals surface area contributed by atoms with Gasteiger partial charge in [-0.25, -0.2) is 0 Å². The van der Waals surface area contributed by atoms with E-state index in [1.54, 1.807) is 0 Å². The Kier molecular flexibility index (Phi) is 3.33. The van der Waals surface area contributed by atoms with Gasteiger partial charge >= 0.3 is 0 Å². The summed E-state index contributed by atoms with van der Waals surface area (Å²) in [6, 6.07) is 2.88. The first-order valence-corrected chi connectivity index (χ1v) is 6.39. The molecule has 2 atom stereocenters. The van der Waals surface area contributed by atoms with Crippen LogP contribution in [-0.2, 0) is 12.0 Å². The highest BCUT2D eigenvalue weighted by Crippen LogP contribution is 2.40. The van der Waals surface area contributed by atoms with Gasteiger partial charge in [0.25, 0.3) is 0 Å². The highest BCUT2D eigenvalue weighted by molar-refractivity contribution is 5.18. The fourth-order valence-electron chi connectivity index (χ4n) is 2.96. The largest absolute Gasteiger partial charge is 0.317 e. The average Bonchev–Trinajstić information content (AvgIpc) is 2.86. The third kappa shape index (κ3) is 2.01. The van der Waals surface area contributed by atoms with Gasteiger partial charge in [-0.05, 0) is 38.8 Å². The summed E-state index contributed by atoms with van der Waals surface area (Å²) in [5.74, 6) is 0. The summed E-state index contributed by atoms with van der Waals surface area (Å²) >= 11 is 0. The molecular formula is C13H23N3. The van der Waals surface area contributed by atoms with Gasteiger partial charge in [-0.3, -0.25) is 4.68 Å². The molecule has 2 unspecified atom stereocenters. The van der Waals surface area contributed by atoms with E-state index in [4.69, 9.17) is 0 Å². The molecule has 1 aromatic rings. The van der Waals surface area contributed by atoms with Crippen LogP contribution in [0, 0.1) is 0 Å². The van der Waals surface area contributed by atoms with Crippen LogP contribution in [0.2, 0.25) is 0 Å². The van der Waals surface area contributed by atoms with Gasteiger partial charge in [0.05, 0.1) is 0 Å². The number of nitrogens with zero attached hydrogens (tertiary/aromatic N) is 2. The Morgan fingerprint density at radius 3 is 3.06 bits per heavy atom. The monoisotopic (exact) mass is 221 g/mol. The Bertz CT molecular complexity index is 345. The van der Waals surface area contributed by atoms with Gasteiger partial charge in [0.1, 0.15) is 0 Å². The maximum atomic E-state index is 4.44. The molecule has 2 rings (SSSR count). The van der Waals surface area contributed by atoms with Crippen LogP contribution in [0.1, 0.15) is 45.2 Å². The van der Waals surface area contributed by atoms with Crippen LogP contribution in [0.4, 0.5) is 0 Å². The first-order valence-electron chi connectivity index (χ1n) is 6.39. The van der Waals surface area contributed by atoms with Crippen LogP contribution < -0.4 is 5.32 Å². The second-order valence-electron chi connectivity index (χ2n) is 5.23. The molecule has 0 amide bonds. The summed E-state index contributed by atoms with van der Waals surface area (Å²) in [6.07, 6.45) is 6.89. The number of aromatic nitrogens is 2. The van der Waals surface area contributed by atoms with Crippen LogP contribution in [0.25, 0.3) is 0 Å². The van der Waals surface area contributed by atoms with Gasteiger partial charge in [0.2, 0.25) is 0 Å². The van der Waals surface area contributed by atoms with Crippen molar-refractivity contribution in [2.24, 2.45) is 0 Å². The van der Waals surface area contributed by atoms with E-state index in [0.717, 1.165) is 13.0 Å². The number of aryl methyl sites for hydroxylation is 1. The first kappa shape index (κ1) is 11.6. The van der Waals surface area contributed by atoms with E-state index < -0.39 is 0 Å². The summed E-state index contributed by atoms with van der Waals surface area (Å²) in [5.41, 5.74) is 1.74. The second kappa shape index (κ2) is 4.58. The van der Waals surface area contributed by atoms with Gasteiger partial charge in [0.15, 0.2) is 0 Å². The summed E-state index contributed by atoms with van der Waals surface area (Å²) in [6.45, 7) is 5.63. The molecule has 1 N–H and O–H groups in total. The lowest BCUT2D eigenvalue weighted by molar-refractivity contribution is 0.414. The highest BCUT2D eigenvalue weighted by atomic mass is 15.3. The molecule has 1 fully saturated rings. The molecule has 0 radical (unpaired) electrons. The zero-order chi connectivity index (χ0) is 11.6. The molecule has 1 aliphatic carbocycles. The fourth-order valence-corrected chi connectivity index (χ4v) is 2.96. The van der Waals surface area contributed by atoms with E-state index in [9.17, 15) is 0 Å². The lowest BCUT2D eigenvalue weighted by atomic mass is 9.84. The molecule has 1 saturated carbocycles. The Morgan fingerprint density at radius 1 is 1.62 bits per heavy atom.